The number of carboxylic acid groups (broad SMARTS) is 1. The molecule has 2 N–H and O–H groups in total. The number of rotatable bonds is 13. The van der Waals surface area contributed by atoms with Gasteiger partial charge in [-0.05, 0) is 6.42 Å². The molecule has 1 amide bonds. The second-order valence-electron chi connectivity index (χ2n) is 5.07. The Morgan fingerprint density at radius 1 is 0.857 bits per heavy atom. The minimum Gasteiger partial charge on any atom is -1.00 e. The van der Waals surface area contributed by atoms with Crippen molar-refractivity contribution in [3.63, 3.8) is 0 Å². The molecule has 0 saturated heterocycles. The minimum absolute atomic E-state index is 0. The number of carbonyl (C=O) groups excluding carboxylic acids is 1. The van der Waals surface area contributed by atoms with Gasteiger partial charge in [0.25, 0.3) is 0 Å². The Kier molecular flexibility index (Phi) is 26.7. The molecule has 0 saturated carbocycles. The van der Waals surface area contributed by atoms with Crippen LogP contribution in [0.5, 0.6) is 0 Å². The molecule has 21 heavy (non-hydrogen) atoms. The van der Waals surface area contributed by atoms with Crippen molar-refractivity contribution in [1.29, 1.82) is 0 Å². The second kappa shape index (κ2) is 20.9. The molecule has 116 valence electrons. The third-order valence-corrected chi connectivity index (χ3v) is 3.17. The van der Waals surface area contributed by atoms with Gasteiger partial charge in [0.05, 0.1) is 6.42 Å². The van der Waals surface area contributed by atoms with Crippen LogP contribution in [-0.4, -0.2) is 23.5 Å². The molecule has 6 heteroatoms. The van der Waals surface area contributed by atoms with E-state index in [0.717, 1.165) is 12.8 Å². The molecular weight excluding hydrogens is 288 g/mol. The van der Waals surface area contributed by atoms with Crippen LogP contribution in [0.3, 0.4) is 0 Å². The summed E-state index contributed by atoms with van der Waals surface area (Å²) < 4.78 is 0. The molecule has 0 aromatic carbocycles. The van der Waals surface area contributed by atoms with Crippen molar-refractivity contribution in [2.45, 2.75) is 77.6 Å². The maximum Gasteiger partial charge on any atom is 1.00 e. The largest absolute Gasteiger partial charge is 1.00 e. The van der Waals surface area contributed by atoms with Gasteiger partial charge in [-0.3, -0.25) is 9.59 Å². The summed E-state index contributed by atoms with van der Waals surface area (Å²) in [5, 5.41) is 11.0. The van der Waals surface area contributed by atoms with Gasteiger partial charge in [0, 0.05) is 13.0 Å². The van der Waals surface area contributed by atoms with Gasteiger partial charge in [-0.1, -0.05) is 58.3 Å². The number of carbonyl (C=O) groups is 2. The summed E-state index contributed by atoms with van der Waals surface area (Å²) in [6.07, 6.45) is 11.6. The number of hydrogen-bond acceptors (Lipinski definition) is 2. The zero-order chi connectivity index (χ0) is 14.3. The summed E-state index contributed by atoms with van der Waals surface area (Å²) in [7, 11) is 0. The SMILES string of the molecule is CCCCCCCCCCCC(=O)NCCC(=O)O.[H-].[H-].[Na+].[Na+]. The van der Waals surface area contributed by atoms with Crippen molar-refractivity contribution in [1.82, 2.24) is 5.32 Å². The van der Waals surface area contributed by atoms with Gasteiger partial charge in [0.1, 0.15) is 0 Å². The fraction of sp³-hybridized carbons (Fsp3) is 0.867. The molecule has 0 radical (unpaired) electrons. The molecule has 0 aliphatic rings. The van der Waals surface area contributed by atoms with Gasteiger partial charge >= 0.3 is 65.1 Å². The monoisotopic (exact) mass is 319 g/mol. The first-order chi connectivity index (χ1) is 9.16. The van der Waals surface area contributed by atoms with Gasteiger partial charge < -0.3 is 13.3 Å². The van der Waals surface area contributed by atoms with Crippen molar-refractivity contribution in [3.8, 4) is 0 Å². The number of nitrogens with one attached hydrogen (secondary N) is 1. The van der Waals surface area contributed by atoms with E-state index in [9.17, 15) is 9.59 Å². The molecule has 0 aromatic rings. The van der Waals surface area contributed by atoms with Crippen LogP contribution in [0, 0.1) is 0 Å². The molecule has 0 unspecified atom stereocenters. The Bertz CT molecular complexity index is 261. The molecular formula is C15H31NNa2O3. The third-order valence-electron chi connectivity index (χ3n) is 3.17. The third kappa shape index (κ3) is 23.3. The topological polar surface area (TPSA) is 66.4 Å². The summed E-state index contributed by atoms with van der Waals surface area (Å²) in [4.78, 5) is 21.6. The Labute approximate surface area is 176 Å². The predicted octanol–water partition coefficient (Wildman–Crippen LogP) is -2.27. The quantitative estimate of drug-likeness (QED) is 0.297. The van der Waals surface area contributed by atoms with Crippen LogP contribution < -0.4 is 64.4 Å². The molecule has 0 rings (SSSR count). The van der Waals surface area contributed by atoms with Crippen LogP contribution >= 0.6 is 0 Å². The van der Waals surface area contributed by atoms with E-state index >= 15 is 0 Å². The van der Waals surface area contributed by atoms with E-state index in [1.54, 1.807) is 0 Å². The second-order valence-corrected chi connectivity index (χ2v) is 5.07. The van der Waals surface area contributed by atoms with E-state index in [-0.39, 0.29) is 80.8 Å². The molecule has 0 heterocycles. The average molecular weight is 319 g/mol. The van der Waals surface area contributed by atoms with Gasteiger partial charge in [-0.2, -0.15) is 0 Å². The Morgan fingerprint density at radius 2 is 1.33 bits per heavy atom. The van der Waals surface area contributed by atoms with Gasteiger partial charge in [-0.15, -0.1) is 0 Å². The van der Waals surface area contributed by atoms with Gasteiger partial charge in [0.15, 0.2) is 0 Å². The smallest absolute Gasteiger partial charge is 1.00 e. The predicted molar refractivity (Wildman–Crippen MR) is 79.3 cm³/mol. The number of unbranched alkanes of at least 4 members (excludes halogenated alkanes) is 8. The van der Waals surface area contributed by atoms with E-state index in [1.807, 2.05) is 0 Å². The van der Waals surface area contributed by atoms with Crippen molar-refractivity contribution in [3.05, 3.63) is 0 Å². The van der Waals surface area contributed by atoms with Crippen LogP contribution in [0.2, 0.25) is 0 Å². The first-order valence-electron chi connectivity index (χ1n) is 7.65. The van der Waals surface area contributed by atoms with Crippen LogP contribution in [0.1, 0.15) is 80.4 Å². The van der Waals surface area contributed by atoms with Gasteiger partial charge in [-0.25, -0.2) is 0 Å². The van der Waals surface area contributed by atoms with Crippen LogP contribution in [-0.2, 0) is 9.59 Å². The Balaban J connectivity index is -0.000000270. The molecule has 0 spiro atoms. The molecule has 0 aliphatic carbocycles. The number of hydrogen-bond donors (Lipinski definition) is 2. The number of aliphatic carboxylic acids is 1. The average Bonchev–Trinajstić information content (AvgIpc) is 2.36. The minimum atomic E-state index is -0.872. The Hall–Kier alpha value is 0.940. The van der Waals surface area contributed by atoms with E-state index in [4.69, 9.17) is 5.11 Å². The van der Waals surface area contributed by atoms with Gasteiger partial charge in [0.2, 0.25) is 5.91 Å². The van der Waals surface area contributed by atoms with E-state index < -0.39 is 5.97 Å². The first kappa shape index (κ1) is 26.8. The molecule has 4 nitrogen and oxygen atoms in total. The summed E-state index contributed by atoms with van der Waals surface area (Å²) >= 11 is 0. The van der Waals surface area contributed by atoms with Crippen LogP contribution in [0.4, 0.5) is 0 Å². The molecule has 0 atom stereocenters. The maximum atomic E-state index is 11.3. The standard InChI is InChI=1S/C15H29NO3.2Na.2H/c1-2-3-4-5-6-7-8-9-10-11-14(17)16-13-12-15(18)19;;;;/h2-13H2,1H3,(H,16,17)(H,18,19);;;;/q;2*+1;2*-1. The Morgan fingerprint density at radius 3 is 1.81 bits per heavy atom. The fourth-order valence-electron chi connectivity index (χ4n) is 1.99. The zero-order valence-corrected chi connectivity index (χ0v) is 18.2. The molecule has 0 fully saturated rings. The summed E-state index contributed by atoms with van der Waals surface area (Å²) in [5.74, 6) is -0.896. The normalized spacial score (nSPS) is 9.38. The zero-order valence-electron chi connectivity index (χ0n) is 16.2. The van der Waals surface area contributed by atoms with E-state index in [1.165, 1.54) is 44.9 Å². The summed E-state index contributed by atoms with van der Waals surface area (Å²) in [6, 6.07) is 0. The molecule has 0 aromatic heterocycles. The van der Waals surface area contributed by atoms with Crippen LogP contribution in [0.25, 0.3) is 0 Å². The summed E-state index contributed by atoms with van der Waals surface area (Å²) in [5.41, 5.74) is 0. The fourth-order valence-corrected chi connectivity index (χ4v) is 1.99. The van der Waals surface area contributed by atoms with E-state index in [0.29, 0.717) is 6.42 Å². The summed E-state index contributed by atoms with van der Waals surface area (Å²) in [6.45, 7) is 2.47. The molecule has 0 aliphatic heterocycles. The van der Waals surface area contributed by atoms with Crippen molar-refractivity contribution < 1.29 is 76.7 Å². The molecule has 0 bridgehead atoms. The maximum absolute atomic E-state index is 11.3. The number of carboxylic acids is 1. The number of amides is 1. The van der Waals surface area contributed by atoms with Crippen LogP contribution in [0.15, 0.2) is 0 Å². The van der Waals surface area contributed by atoms with Crippen molar-refractivity contribution >= 4 is 11.9 Å². The first-order valence-corrected chi connectivity index (χ1v) is 7.65. The van der Waals surface area contributed by atoms with Crippen molar-refractivity contribution in [2.24, 2.45) is 0 Å². The van der Waals surface area contributed by atoms with Crippen molar-refractivity contribution in [2.75, 3.05) is 6.54 Å². The van der Waals surface area contributed by atoms with E-state index in [2.05, 4.69) is 12.2 Å².